The van der Waals surface area contributed by atoms with Crippen LogP contribution in [0.4, 0.5) is 4.79 Å². The van der Waals surface area contributed by atoms with E-state index in [2.05, 4.69) is 64.5 Å². The Labute approximate surface area is 312 Å². The standard InChI is InChI=1S/C42H53N7O4/c1-9-29-25-49(36(35(29)45-41(51)53-42(3,4)5)26(2)46(6)23-27-14-11-10-12-15-27)40(50)31-20-32-37(34(22-31)52-8)47(7)39(44-32)33-21-30-16-13-19-43-38(30)48(33)24-28-17-18-28/h10-16,19-22,26,28-29,35-36H,9,17-18,23-25H2,1-8H3,(H,45,51). The van der Waals surface area contributed by atoms with Gasteiger partial charge in [0.2, 0.25) is 0 Å². The first-order chi connectivity index (χ1) is 25.4. The minimum atomic E-state index is -0.651. The number of imidazole rings is 1. The summed E-state index contributed by atoms with van der Waals surface area (Å²) >= 11 is 0. The number of alkyl carbamates (subject to hydrolysis) is 1. The predicted octanol–water partition coefficient (Wildman–Crippen LogP) is 7.27. The minimum absolute atomic E-state index is 0.0260. The van der Waals surface area contributed by atoms with E-state index < -0.39 is 11.7 Å². The molecule has 11 heteroatoms. The van der Waals surface area contributed by atoms with Crippen LogP contribution >= 0.6 is 0 Å². The number of rotatable bonds is 11. The van der Waals surface area contributed by atoms with Crippen molar-refractivity contribution in [2.45, 2.75) is 90.7 Å². The summed E-state index contributed by atoms with van der Waals surface area (Å²) in [5, 5.41) is 4.28. The van der Waals surface area contributed by atoms with E-state index in [1.54, 1.807) is 7.11 Å². The molecule has 280 valence electrons. The van der Waals surface area contributed by atoms with Gasteiger partial charge in [-0.15, -0.1) is 0 Å². The van der Waals surface area contributed by atoms with Gasteiger partial charge < -0.3 is 28.8 Å². The first-order valence-electron chi connectivity index (χ1n) is 18.9. The fourth-order valence-corrected chi connectivity index (χ4v) is 8.05. The van der Waals surface area contributed by atoms with Gasteiger partial charge >= 0.3 is 6.09 Å². The molecule has 0 spiro atoms. The molecule has 0 radical (unpaired) electrons. The highest BCUT2D eigenvalue weighted by Crippen LogP contribution is 2.38. The molecule has 4 atom stereocenters. The topological polar surface area (TPSA) is 107 Å². The highest BCUT2D eigenvalue weighted by molar-refractivity contribution is 6.00. The van der Waals surface area contributed by atoms with Crippen LogP contribution in [-0.4, -0.2) is 85.3 Å². The number of nitrogens with zero attached hydrogens (tertiary/aromatic N) is 6. The minimum Gasteiger partial charge on any atom is -0.494 e. The molecule has 2 fully saturated rings. The molecule has 1 aliphatic carbocycles. The number of aromatic nitrogens is 4. The molecule has 1 saturated heterocycles. The number of aryl methyl sites for hydroxylation is 1. The molecule has 11 nitrogen and oxygen atoms in total. The monoisotopic (exact) mass is 719 g/mol. The van der Waals surface area contributed by atoms with Gasteiger partial charge in [-0.1, -0.05) is 37.3 Å². The van der Waals surface area contributed by atoms with Crippen molar-refractivity contribution in [1.29, 1.82) is 0 Å². The van der Waals surface area contributed by atoms with Crippen LogP contribution in [0, 0.1) is 11.8 Å². The second-order valence-electron chi connectivity index (χ2n) is 16.0. The van der Waals surface area contributed by atoms with Crippen LogP contribution in [0.25, 0.3) is 33.6 Å². The second-order valence-corrected chi connectivity index (χ2v) is 16.0. The Morgan fingerprint density at radius 2 is 1.83 bits per heavy atom. The number of methoxy groups -OCH3 is 1. The highest BCUT2D eigenvalue weighted by Gasteiger charge is 2.48. The lowest BCUT2D eigenvalue weighted by molar-refractivity contribution is 0.0427. The molecule has 1 N–H and O–H groups in total. The van der Waals surface area contributed by atoms with E-state index >= 15 is 0 Å². The molecule has 53 heavy (non-hydrogen) atoms. The largest absolute Gasteiger partial charge is 0.494 e. The summed E-state index contributed by atoms with van der Waals surface area (Å²) in [5.74, 6) is 1.92. The van der Waals surface area contributed by atoms with Gasteiger partial charge in [-0.2, -0.15) is 0 Å². The number of hydrogen-bond donors (Lipinski definition) is 1. The second kappa shape index (κ2) is 14.5. The van der Waals surface area contributed by atoms with Crippen LogP contribution in [0.3, 0.4) is 0 Å². The van der Waals surface area contributed by atoms with Gasteiger partial charge in [0.25, 0.3) is 5.91 Å². The van der Waals surface area contributed by atoms with Crippen molar-refractivity contribution in [3.05, 3.63) is 78.0 Å². The molecule has 4 heterocycles. The first-order valence-corrected chi connectivity index (χ1v) is 18.9. The Kier molecular flexibility index (Phi) is 9.97. The Morgan fingerprint density at radius 1 is 1.08 bits per heavy atom. The molecule has 2 aliphatic rings. The van der Waals surface area contributed by atoms with Crippen molar-refractivity contribution in [3.8, 4) is 17.3 Å². The third-order valence-corrected chi connectivity index (χ3v) is 11.0. The van der Waals surface area contributed by atoms with Crippen molar-refractivity contribution in [2.24, 2.45) is 18.9 Å². The number of carbonyl (C=O) groups is 2. The summed E-state index contributed by atoms with van der Waals surface area (Å²) < 4.78 is 16.1. The molecule has 2 aromatic carbocycles. The third kappa shape index (κ3) is 7.36. The van der Waals surface area contributed by atoms with Gasteiger partial charge in [0, 0.05) is 49.9 Å². The summed E-state index contributed by atoms with van der Waals surface area (Å²) in [7, 11) is 5.71. The van der Waals surface area contributed by atoms with Gasteiger partial charge in [0.1, 0.15) is 22.5 Å². The molecule has 5 aromatic rings. The summed E-state index contributed by atoms with van der Waals surface area (Å²) in [6, 6.07) is 19.5. The Bertz CT molecular complexity index is 2110. The lowest BCUT2D eigenvalue weighted by Gasteiger charge is -2.38. The van der Waals surface area contributed by atoms with Crippen LogP contribution in [0.5, 0.6) is 5.75 Å². The Balaban J connectivity index is 1.27. The Hall–Kier alpha value is -4.90. The average molecular weight is 720 g/mol. The number of nitrogens with one attached hydrogen (secondary N) is 1. The molecule has 7 rings (SSSR count). The number of carbonyl (C=O) groups excluding carboxylic acids is 2. The number of likely N-dealkylation sites (N-methyl/N-ethyl adjacent to an activating group) is 1. The van der Waals surface area contributed by atoms with Crippen molar-refractivity contribution < 1.29 is 19.1 Å². The maximum atomic E-state index is 14.9. The van der Waals surface area contributed by atoms with E-state index in [0.29, 0.717) is 35.8 Å². The molecule has 0 bridgehead atoms. The summed E-state index contributed by atoms with van der Waals surface area (Å²) in [4.78, 5) is 42.3. The molecule has 1 saturated carbocycles. The lowest BCUT2D eigenvalue weighted by Crippen LogP contribution is -2.57. The van der Waals surface area contributed by atoms with Crippen molar-refractivity contribution in [3.63, 3.8) is 0 Å². The SMILES string of the molecule is CCC1CN(C(=O)c2cc(OC)c3c(c2)nc(-c2cc4cccnc4n2CC2CC2)n3C)C(C(C)N(C)Cc2ccccc2)C1NC(=O)OC(C)(C)C. The van der Waals surface area contributed by atoms with Crippen LogP contribution in [0.15, 0.2) is 66.9 Å². The predicted molar refractivity (Wildman–Crippen MR) is 208 cm³/mol. The number of hydrogen-bond acceptors (Lipinski definition) is 7. The average Bonchev–Trinajstić information content (AvgIpc) is 3.66. The van der Waals surface area contributed by atoms with Crippen molar-refractivity contribution in [1.82, 2.24) is 34.2 Å². The van der Waals surface area contributed by atoms with Gasteiger partial charge in [-0.05, 0) is 102 Å². The summed E-state index contributed by atoms with van der Waals surface area (Å²) in [6.45, 7) is 11.9. The van der Waals surface area contributed by atoms with Crippen LogP contribution in [0.1, 0.15) is 69.8 Å². The summed E-state index contributed by atoms with van der Waals surface area (Å²) in [6.07, 6.45) is 4.59. The van der Waals surface area contributed by atoms with Crippen LogP contribution < -0.4 is 10.1 Å². The molecule has 2 amide bonds. The third-order valence-electron chi connectivity index (χ3n) is 11.0. The van der Waals surface area contributed by atoms with Gasteiger partial charge in [-0.25, -0.2) is 14.8 Å². The summed E-state index contributed by atoms with van der Waals surface area (Å²) in [5.41, 5.74) is 4.47. The quantitative estimate of drug-likeness (QED) is 0.153. The molecule has 1 aliphatic heterocycles. The fourth-order valence-electron chi connectivity index (χ4n) is 8.05. The molecular weight excluding hydrogens is 667 g/mol. The van der Waals surface area contributed by atoms with Crippen molar-refractivity contribution in [2.75, 3.05) is 20.7 Å². The smallest absolute Gasteiger partial charge is 0.407 e. The maximum absolute atomic E-state index is 14.9. The Morgan fingerprint density at radius 3 is 2.51 bits per heavy atom. The van der Waals surface area contributed by atoms with Gasteiger partial charge in [0.15, 0.2) is 5.82 Å². The number of benzene rings is 2. The van der Waals surface area contributed by atoms with Crippen molar-refractivity contribution >= 4 is 34.1 Å². The van der Waals surface area contributed by atoms with E-state index in [1.165, 1.54) is 18.4 Å². The fraction of sp³-hybridized carbons (Fsp3) is 0.476. The number of likely N-dealkylation sites (tertiary alicyclic amines) is 1. The maximum Gasteiger partial charge on any atom is 0.407 e. The number of pyridine rings is 1. The van der Waals surface area contributed by atoms with Gasteiger partial charge in [0.05, 0.1) is 30.4 Å². The number of ether oxygens (including phenoxy) is 2. The zero-order chi connectivity index (χ0) is 37.6. The first kappa shape index (κ1) is 36.5. The van der Waals surface area contributed by atoms with E-state index in [9.17, 15) is 9.59 Å². The number of fused-ring (bicyclic) bond motifs is 2. The highest BCUT2D eigenvalue weighted by atomic mass is 16.6. The molecular formula is C42H53N7O4. The van der Waals surface area contributed by atoms with E-state index in [-0.39, 0.29) is 30.0 Å². The normalized spacial score (nSPS) is 19.6. The van der Waals surface area contributed by atoms with Crippen LogP contribution in [-0.2, 0) is 24.9 Å². The molecule has 4 unspecified atom stereocenters. The van der Waals surface area contributed by atoms with E-state index in [4.69, 9.17) is 19.4 Å². The van der Waals surface area contributed by atoms with Crippen LogP contribution in [0.2, 0.25) is 0 Å². The molecule has 3 aromatic heterocycles. The lowest BCUT2D eigenvalue weighted by atomic mass is 9.92. The zero-order valence-electron chi connectivity index (χ0n) is 32.3. The van der Waals surface area contributed by atoms with E-state index in [1.807, 2.05) is 75.3 Å². The van der Waals surface area contributed by atoms with E-state index in [0.717, 1.165) is 41.0 Å². The number of amides is 2. The zero-order valence-corrected chi connectivity index (χ0v) is 32.3. The van der Waals surface area contributed by atoms with Gasteiger partial charge in [-0.3, -0.25) is 9.69 Å².